The van der Waals surface area contributed by atoms with E-state index in [-0.39, 0.29) is 0 Å². The molecule has 3 aromatic heterocycles. The van der Waals surface area contributed by atoms with Gasteiger partial charge in [0.2, 0.25) is 0 Å². The highest BCUT2D eigenvalue weighted by atomic mass is 16.2. The van der Waals surface area contributed by atoms with Crippen molar-refractivity contribution in [2.24, 2.45) is 0 Å². The second-order valence-corrected chi connectivity index (χ2v) is 10.6. The number of imide groups is 1. The zero-order valence-electron chi connectivity index (χ0n) is 22.8. The Morgan fingerprint density at radius 2 is 1.59 bits per heavy atom. The Balaban J connectivity index is 1.43. The summed E-state index contributed by atoms with van der Waals surface area (Å²) in [4.78, 5) is 33.7. The molecular weight excluding hydrogens is 512 g/mol. The maximum Gasteiger partial charge on any atom is 0.261 e. The molecule has 202 valence electrons. The second-order valence-electron chi connectivity index (χ2n) is 10.6. The number of nitrogens with zero attached hydrogens (tertiary/aromatic N) is 5. The fourth-order valence-corrected chi connectivity index (χ4v) is 5.74. The lowest BCUT2D eigenvalue weighted by Gasteiger charge is -2.09. The number of para-hydroxylation sites is 1. The molecule has 6 aromatic rings. The van der Waals surface area contributed by atoms with Gasteiger partial charge < -0.3 is 9.47 Å². The number of carbonyl (C=O) groups is 2. The molecule has 1 aliphatic rings. The summed E-state index contributed by atoms with van der Waals surface area (Å²) in [7, 11) is 4.09. The van der Waals surface area contributed by atoms with Gasteiger partial charge in [0.1, 0.15) is 11.3 Å². The van der Waals surface area contributed by atoms with Crippen LogP contribution >= 0.6 is 0 Å². The first-order valence-corrected chi connectivity index (χ1v) is 13.7. The molecule has 0 saturated carbocycles. The highest BCUT2D eigenvalue weighted by Crippen LogP contribution is 2.38. The number of aryl methyl sites for hydroxylation is 1. The number of amides is 2. The van der Waals surface area contributed by atoms with Crippen LogP contribution in [0.3, 0.4) is 0 Å². The molecule has 0 bridgehead atoms. The standard InChI is InChI=1S/C33H28N6O2/c1-37(2)17-8-18-39-27-13-6-5-11-25(27)30(36-39)29-28(32(40)35-33(29)41)26-20-38(31-24(26)12-7-16-34-31)23-15-14-21-9-3-4-10-22(21)19-23/h3-7,9-16,19-20H,8,17-18H2,1-2H3,(H,35,40,41). The Bertz CT molecular complexity index is 2030. The number of fused-ring (bicyclic) bond motifs is 3. The Morgan fingerprint density at radius 1 is 0.829 bits per heavy atom. The van der Waals surface area contributed by atoms with E-state index >= 15 is 0 Å². The summed E-state index contributed by atoms with van der Waals surface area (Å²) in [5.41, 5.74) is 4.32. The fraction of sp³-hybridized carbons (Fsp3) is 0.152. The Hall–Kier alpha value is -5.08. The van der Waals surface area contributed by atoms with Crippen LogP contribution in [-0.2, 0) is 16.1 Å². The van der Waals surface area contributed by atoms with Gasteiger partial charge in [-0.25, -0.2) is 4.98 Å². The molecule has 41 heavy (non-hydrogen) atoms. The number of pyridine rings is 1. The zero-order valence-corrected chi connectivity index (χ0v) is 22.8. The van der Waals surface area contributed by atoms with Crippen LogP contribution in [0.5, 0.6) is 0 Å². The van der Waals surface area contributed by atoms with Gasteiger partial charge in [-0.1, -0.05) is 48.5 Å². The predicted molar refractivity (Wildman–Crippen MR) is 161 cm³/mol. The van der Waals surface area contributed by atoms with Crippen molar-refractivity contribution in [1.29, 1.82) is 0 Å². The van der Waals surface area contributed by atoms with E-state index in [1.165, 1.54) is 0 Å². The van der Waals surface area contributed by atoms with Crippen LogP contribution in [0.4, 0.5) is 0 Å². The molecule has 1 N–H and O–H groups in total. The number of rotatable bonds is 7. The van der Waals surface area contributed by atoms with Crippen LogP contribution in [0.15, 0.2) is 91.3 Å². The third-order valence-electron chi connectivity index (χ3n) is 7.64. The summed E-state index contributed by atoms with van der Waals surface area (Å²) >= 11 is 0. The molecule has 0 fully saturated rings. The van der Waals surface area contributed by atoms with Crippen LogP contribution in [-0.4, -0.2) is 56.7 Å². The quantitative estimate of drug-likeness (QED) is 0.287. The Kier molecular flexibility index (Phi) is 5.98. The second kappa shape index (κ2) is 9.83. The molecule has 7 rings (SSSR count). The van der Waals surface area contributed by atoms with Crippen LogP contribution in [0, 0.1) is 0 Å². The minimum Gasteiger partial charge on any atom is -0.309 e. The molecule has 0 saturated heterocycles. The van der Waals surface area contributed by atoms with Gasteiger partial charge in [0.05, 0.1) is 16.7 Å². The maximum atomic E-state index is 13.5. The van der Waals surface area contributed by atoms with Crippen molar-refractivity contribution in [3.05, 3.63) is 103 Å². The Morgan fingerprint density at radius 3 is 2.44 bits per heavy atom. The van der Waals surface area contributed by atoms with E-state index < -0.39 is 11.8 Å². The summed E-state index contributed by atoms with van der Waals surface area (Å²) in [5, 5.41) is 11.3. The molecule has 0 aliphatic carbocycles. The summed E-state index contributed by atoms with van der Waals surface area (Å²) < 4.78 is 3.92. The molecule has 8 nitrogen and oxygen atoms in total. The number of hydrogen-bond acceptors (Lipinski definition) is 5. The van der Waals surface area contributed by atoms with Gasteiger partial charge >= 0.3 is 0 Å². The topological polar surface area (TPSA) is 85.1 Å². The van der Waals surface area contributed by atoms with Crippen molar-refractivity contribution >= 4 is 55.7 Å². The van der Waals surface area contributed by atoms with Crippen molar-refractivity contribution in [2.75, 3.05) is 20.6 Å². The SMILES string of the molecule is CN(C)CCCn1nc(C2=C(c3cn(-c4ccc5ccccc5c4)c4ncccc34)C(=O)NC2=O)c2ccccc21. The largest absolute Gasteiger partial charge is 0.309 e. The lowest BCUT2D eigenvalue weighted by atomic mass is 9.98. The van der Waals surface area contributed by atoms with Crippen molar-refractivity contribution in [2.45, 2.75) is 13.0 Å². The first-order valence-electron chi connectivity index (χ1n) is 13.7. The normalized spacial score (nSPS) is 13.8. The summed E-state index contributed by atoms with van der Waals surface area (Å²) in [6.07, 6.45) is 4.55. The minimum atomic E-state index is -0.441. The monoisotopic (exact) mass is 540 g/mol. The predicted octanol–water partition coefficient (Wildman–Crippen LogP) is 5.05. The van der Waals surface area contributed by atoms with Crippen molar-refractivity contribution in [3.8, 4) is 5.69 Å². The van der Waals surface area contributed by atoms with Crippen LogP contribution in [0.1, 0.15) is 17.7 Å². The number of hydrogen-bond donors (Lipinski definition) is 1. The molecule has 4 heterocycles. The minimum absolute atomic E-state index is 0.291. The van der Waals surface area contributed by atoms with Crippen molar-refractivity contribution < 1.29 is 9.59 Å². The number of benzene rings is 3. The highest BCUT2D eigenvalue weighted by Gasteiger charge is 2.36. The Labute approximate surface area is 236 Å². The first-order chi connectivity index (χ1) is 20.0. The van der Waals surface area contributed by atoms with Crippen molar-refractivity contribution in [3.63, 3.8) is 0 Å². The maximum absolute atomic E-state index is 13.5. The van der Waals surface area contributed by atoms with E-state index in [1.807, 2.05) is 84.1 Å². The van der Waals surface area contributed by atoms with Gasteiger partial charge in [0, 0.05) is 41.0 Å². The van der Waals surface area contributed by atoms with E-state index in [2.05, 4.69) is 39.5 Å². The first kappa shape index (κ1) is 24.9. The number of nitrogens with one attached hydrogen (secondary N) is 1. The molecule has 8 heteroatoms. The molecule has 0 radical (unpaired) electrons. The zero-order chi connectivity index (χ0) is 28.1. The summed E-state index contributed by atoms with van der Waals surface area (Å²) in [6, 6.07) is 26.0. The van der Waals surface area contributed by atoms with E-state index in [0.717, 1.165) is 45.7 Å². The van der Waals surface area contributed by atoms with Gasteiger partial charge in [0.15, 0.2) is 0 Å². The molecular formula is C33H28N6O2. The van der Waals surface area contributed by atoms with Crippen LogP contribution in [0.2, 0.25) is 0 Å². The van der Waals surface area contributed by atoms with E-state index in [0.29, 0.717) is 34.6 Å². The van der Waals surface area contributed by atoms with Crippen LogP contribution in [0.25, 0.3) is 49.5 Å². The van der Waals surface area contributed by atoms with Gasteiger partial charge in [-0.15, -0.1) is 0 Å². The lowest BCUT2D eigenvalue weighted by Crippen LogP contribution is -2.22. The van der Waals surface area contributed by atoms with E-state index in [1.54, 1.807) is 6.20 Å². The average Bonchev–Trinajstić information content (AvgIpc) is 3.63. The number of carbonyl (C=O) groups excluding carboxylic acids is 2. The van der Waals surface area contributed by atoms with E-state index in [9.17, 15) is 9.59 Å². The molecule has 2 amide bonds. The molecule has 3 aromatic carbocycles. The van der Waals surface area contributed by atoms with E-state index in [4.69, 9.17) is 5.10 Å². The molecule has 0 atom stereocenters. The fourth-order valence-electron chi connectivity index (χ4n) is 5.74. The third kappa shape index (κ3) is 4.20. The molecule has 0 spiro atoms. The average molecular weight is 541 g/mol. The van der Waals surface area contributed by atoms with Gasteiger partial charge in [-0.2, -0.15) is 5.10 Å². The third-order valence-corrected chi connectivity index (χ3v) is 7.64. The van der Waals surface area contributed by atoms with Crippen LogP contribution < -0.4 is 5.32 Å². The highest BCUT2D eigenvalue weighted by molar-refractivity contribution is 6.50. The summed E-state index contributed by atoms with van der Waals surface area (Å²) in [6.45, 7) is 1.61. The van der Waals surface area contributed by atoms with Gasteiger partial charge in [-0.3, -0.25) is 19.6 Å². The van der Waals surface area contributed by atoms with Gasteiger partial charge in [0.25, 0.3) is 11.8 Å². The smallest absolute Gasteiger partial charge is 0.261 e. The van der Waals surface area contributed by atoms with Crippen molar-refractivity contribution in [1.82, 2.24) is 29.5 Å². The summed E-state index contributed by atoms with van der Waals surface area (Å²) in [5.74, 6) is -0.873. The molecule has 0 unspecified atom stereocenters. The lowest BCUT2D eigenvalue weighted by molar-refractivity contribution is -0.122. The number of aromatic nitrogens is 4. The molecule has 1 aliphatic heterocycles. The van der Waals surface area contributed by atoms with Gasteiger partial charge in [-0.05, 0) is 68.2 Å².